The number of phenols is 1. The van der Waals surface area contributed by atoms with Crippen molar-refractivity contribution in [3.05, 3.63) is 53.3 Å². The summed E-state index contributed by atoms with van der Waals surface area (Å²) in [7, 11) is 0. The Kier molecular flexibility index (Phi) is 3.28. The van der Waals surface area contributed by atoms with E-state index in [-0.39, 0.29) is 0 Å². The van der Waals surface area contributed by atoms with Crippen LogP contribution in [-0.2, 0) is 6.54 Å². The normalized spacial score (nSPS) is 10.2. The molecule has 0 saturated carbocycles. The molecule has 3 nitrogen and oxygen atoms in total. The summed E-state index contributed by atoms with van der Waals surface area (Å²) in [5.41, 5.74) is 4.04. The van der Waals surface area contributed by atoms with Crippen LogP contribution < -0.4 is 5.32 Å². The molecule has 1 heterocycles. The number of nitrogens with one attached hydrogen (secondary N) is 1. The maximum Gasteiger partial charge on any atom is 0.118 e. The van der Waals surface area contributed by atoms with Crippen LogP contribution >= 0.6 is 0 Å². The van der Waals surface area contributed by atoms with E-state index in [1.165, 1.54) is 0 Å². The van der Waals surface area contributed by atoms with E-state index in [9.17, 15) is 5.11 Å². The Hall–Kier alpha value is -2.03. The molecule has 0 aliphatic heterocycles. The minimum atomic E-state index is 0.326. The van der Waals surface area contributed by atoms with Crippen LogP contribution in [-0.4, -0.2) is 10.1 Å². The first-order chi connectivity index (χ1) is 8.15. The average Bonchev–Trinajstić information content (AvgIpc) is 2.33. The summed E-state index contributed by atoms with van der Waals surface area (Å²) in [5.74, 6) is 0.326. The van der Waals surface area contributed by atoms with E-state index in [4.69, 9.17) is 0 Å². The molecule has 3 heteroatoms. The lowest BCUT2D eigenvalue weighted by atomic mass is 10.2. The van der Waals surface area contributed by atoms with Crippen LogP contribution in [0.25, 0.3) is 0 Å². The molecule has 0 radical (unpaired) electrons. The molecule has 0 unspecified atom stereocenters. The van der Waals surface area contributed by atoms with Gasteiger partial charge in [-0.25, -0.2) is 0 Å². The number of rotatable bonds is 3. The topological polar surface area (TPSA) is 45.1 Å². The van der Waals surface area contributed by atoms with Gasteiger partial charge in [-0.3, -0.25) is 4.98 Å². The molecule has 2 N–H and O–H groups in total. The number of anilines is 1. The fourth-order valence-electron chi connectivity index (χ4n) is 1.57. The Morgan fingerprint density at radius 2 is 2.00 bits per heavy atom. The van der Waals surface area contributed by atoms with E-state index < -0.39 is 0 Å². The Labute approximate surface area is 101 Å². The molecule has 0 fully saturated rings. The van der Waals surface area contributed by atoms with Crippen molar-refractivity contribution in [3.63, 3.8) is 0 Å². The molecule has 17 heavy (non-hydrogen) atoms. The van der Waals surface area contributed by atoms with Gasteiger partial charge in [0, 0.05) is 24.1 Å². The minimum absolute atomic E-state index is 0.326. The zero-order valence-corrected chi connectivity index (χ0v) is 10.1. The summed E-state index contributed by atoms with van der Waals surface area (Å²) >= 11 is 0. The predicted octanol–water partition coefficient (Wildman–Crippen LogP) is 3.02. The van der Waals surface area contributed by atoms with Gasteiger partial charge in [-0.1, -0.05) is 6.07 Å². The number of hydrogen-bond donors (Lipinski definition) is 2. The van der Waals surface area contributed by atoms with Gasteiger partial charge < -0.3 is 10.4 Å². The molecule has 0 bridgehead atoms. The van der Waals surface area contributed by atoms with Gasteiger partial charge >= 0.3 is 0 Å². The third-order valence-electron chi connectivity index (χ3n) is 2.67. The number of nitrogens with zero attached hydrogens (tertiary/aromatic N) is 1. The molecule has 88 valence electrons. The molecule has 0 atom stereocenters. The summed E-state index contributed by atoms with van der Waals surface area (Å²) < 4.78 is 0. The second-order valence-corrected chi connectivity index (χ2v) is 4.16. The van der Waals surface area contributed by atoms with Gasteiger partial charge in [0.05, 0.1) is 0 Å². The second-order valence-electron chi connectivity index (χ2n) is 4.16. The summed E-state index contributed by atoms with van der Waals surface area (Å²) in [4.78, 5) is 4.24. The smallest absolute Gasteiger partial charge is 0.118 e. The lowest BCUT2D eigenvalue weighted by Crippen LogP contribution is -2.00. The van der Waals surface area contributed by atoms with Crippen molar-refractivity contribution in [3.8, 4) is 5.75 Å². The highest BCUT2D eigenvalue weighted by atomic mass is 16.3. The number of pyridine rings is 1. The van der Waals surface area contributed by atoms with Crippen molar-refractivity contribution in [2.45, 2.75) is 20.4 Å². The van der Waals surface area contributed by atoms with E-state index in [1.54, 1.807) is 6.07 Å². The summed E-state index contributed by atoms with van der Waals surface area (Å²) in [6, 6.07) is 9.55. The van der Waals surface area contributed by atoms with Gasteiger partial charge in [-0.15, -0.1) is 0 Å². The van der Waals surface area contributed by atoms with E-state index in [1.807, 2.05) is 38.2 Å². The predicted molar refractivity (Wildman–Crippen MR) is 69.1 cm³/mol. The van der Waals surface area contributed by atoms with Gasteiger partial charge in [0.1, 0.15) is 5.75 Å². The van der Waals surface area contributed by atoms with E-state index in [0.29, 0.717) is 5.75 Å². The van der Waals surface area contributed by atoms with Crippen LogP contribution in [0.5, 0.6) is 5.75 Å². The third kappa shape index (κ3) is 2.97. The first kappa shape index (κ1) is 11.5. The van der Waals surface area contributed by atoms with Gasteiger partial charge in [0.25, 0.3) is 0 Å². The van der Waals surface area contributed by atoms with E-state index in [2.05, 4.69) is 16.4 Å². The zero-order valence-electron chi connectivity index (χ0n) is 10.1. The van der Waals surface area contributed by atoms with Crippen molar-refractivity contribution in [1.29, 1.82) is 0 Å². The van der Waals surface area contributed by atoms with Crippen LogP contribution in [0.2, 0.25) is 0 Å². The largest absolute Gasteiger partial charge is 0.508 e. The Morgan fingerprint density at radius 1 is 1.18 bits per heavy atom. The molecule has 2 aromatic rings. The highest BCUT2D eigenvalue weighted by Crippen LogP contribution is 2.20. The quantitative estimate of drug-likeness (QED) is 0.794. The fourth-order valence-corrected chi connectivity index (χ4v) is 1.57. The molecular formula is C14H16N2O. The highest BCUT2D eigenvalue weighted by molar-refractivity contribution is 5.50. The monoisotopic (exact) mass is 228 g/mol. The lowest BCUT2D eigenvalue weighted by Gasteiger charge is -2.08. The summed E-state index contributed by atoms with van der Waals surface area (Å²) in [6.45, 7) is 4.59. The SMILES string of the molecule is Cc1ccc(CNc2ccc(O)c(C)c2)cn1. The summed E-state index contributed by atoms with van der Waals surface area (Å²) in [6.07, 6.45) is 1.87. The van der Waals surface area contributed by atoms with Crippen molar-refractivity contribution < 1.29 is 5.11 Å². The molecular weight excluding hydrogens is 212 g/mol. The first-order valence-electron chi connectivity index (χ1n) is 5.60. The number of hydrogen-bond acceptors (Lipinski definition) is 3. The first-order valence-corrected chi connectivity index (χ1v) is 5.60. The lowest BCUT2D eigenvalue weighted by molar-refractivity contribution is 0.471. The van der Waals surface area contributed by atoms with Gasteiger partial charge in [0.2, 0.25) is 0 Å². The Balaban J connectivity index is 2.02. The third-order valence-corrected chi connectivity index (χ3v) is 2.67. The maximum atomic E-state index is 9.42. The molecule has 0 amide bonds. The number of benzene rings is 1. The Morgan fingerprint density at radius 3 is 2.65 bits per heavy atom. The molecule has 0 saturated heterocycles. The number of phenolic OH excluding ortho intramolecular Hbond substituents is 1. The maximum absolute atomic E-state index is 9.42. The van der Waals surface area contributed by atoms with Crippen LogP contribution in [0, 0.1) is 13.8 Å². The molecule has 0 aliphatic carbocycles. The van der Waals surface area contributed by atoms with E-state index in [0.717, 1.165) is 29.1 Å². The molecule has 2 rings (SSSR count). The van der Waals surface area contributed by atoms with Crippen LogP contribution in [0.1, 0.15) is 16.8 Å². The summed E-state index contributed by atoms with van der Waals surface area (Å²) in [5, 5.41) is 12.7. The molecule has 0 spiro atoms. The van der Waals surface area contributed by atoms with Crippen LogP contribution in [0.4, 0.5) is 5.69 Å². The van der Waals surface area contributed by atoms with Gasteiger partial charge in [-0.2, -0.15) is 0 Å². The molecule has 1 aromatic carbocycles. The number of aromatic hydroxyl groups is 1. The zero-order chi connectivity index (χ0) is 12.3. The van der Waals surface area contributed by atoms with E-state index >= 15 is 0 Å². The number of aryl methyl sites for hydroxylation is 2. The number of aromatic nitrogens is 1. The van der Waals surface area contributed by atoms with Crippen molar-refractivity contribution in [1.82, 2.24) is 4.98 Å². The fraction of sp³-hybridized carbons (Fsp3) is 0.214. The van der Waals surface area contributed by atoms with Crippen molar-refractivity contribution in [2.75, 3.05) is 5.32 Å². The minimum Gasteiger partial charge on any atom is -0.508 e. The highest BCUT2D eigenvalue weighted by Gasteiger charge is 1.98. The Bertz CT molecular complexity index is 506. The molecule has 1 aromatic heterocycles. The molecule has 0 aliphatic rings. The van der Waals surface area contributed by atoms with Gasteiger partial charge in [0.15, 0.2) is 0 Å². The van der Waals surface area contributed by atoms with Crippen LogP contribution in [0.15, 0.2) is 36.5 Å². The van der Waals surface area contributed by atoms with Crippen LogP contribution in [0.3, 0.4) is 0 Å². The van der Waals surface area contributed by atoms with Crippen molar-refractivity contribution >= 4 is 5.69 Å². The van der Waals surface area contributed by atoms with Crippen molar-refractivity contribution in [2.24, 2.45) is 0 Å². The second kappa shape index (κ2) is 4.87. The average molecular weight is 228 g/mol. The van der Waals surface area contributed by atoms with Gasteiger partial charge in [-0.05, 0) is 49.2 Å². The standard InChI is InChI=1S/C14H16N2O/c1-10-7-13(5-6-14(10)17)16-9-12-4-3-11(2)15-8-12/h3-8,16-17H,9H2,1-2H3.